The van der Waals surface area contributed by atoms with Crippen LogP contribution < -0.4 is 4.74 Å². The first kappa shape index (κ1) is 18.0. The van der Waals surface area contributed by atoms with Crippen molar-refractivity contribution >= 4 is 27.5 Å². The zero-order valence-electron chi connectivity index (χ0n) is 15.7. The van der Waals surface area contributed by atoms with Gasteiger partial charge in [-0.15, -0.1) is 11.3 Å². The molecular formula is C22H24N2O2S. The lowest BCUT2D eigenvalue weighted by molar-refractivity contribution is -0.142. The molecule has 0 N–H and O–H groups in total. The number of nitrogens with zero attached hydrogens (tertiary/aromatic N) is 2. The highest BCUT2D eigenvalue weighted by Crippen LogP contribution is 2.36. The summed E-state index contributed by atoms with van der Waals surface area (Å²) in [5, 5.41) is 1.03. The standard InChI is InChI=1S/C22H24N2O2S/c1-15-10-12-17(13-11-15)26-16(2)22(25)24-14-6-5-8-19(24)21-23-18-7-3-4-9-20(18)27-21/h3-4,7,9-13,16,19H,5-6,8,14H2,1-2H3/t16-,19+/m0/s1. The number of piperidine rings is 1. The van der Waals surface area contributed by atoms with Crippen molar-refractivity contribution in [2.24, 2.45) is 0 Å². The van der Waals surface area contributed by atoms with Gasteiger partial charge < -0.3 is 9.64 Å². The van der Waals surface area contributed by atoms with Crippen molar-refractivity contribution in [1.29, 1.82) is 0 Å². The van der Waals surface area contributed by atoms with Gasteiger partial charge in [0.1, 0.15) is 10.8 Å². The topological polar surface area (TPSA) is 42.4 Å². The molecule has 5 heteroatoms. The molecule has 1 fully saturated rings. The van der Waals surface area contributed by atoms with E-state index in [1.54, 1.807) is 11.3 Å². The fourth-order valence-corrected chi connectivity index (χ4v) is 4.70. The van der Waals surface area contributed by atoms with Crippen molar-refractivity contribution in [3.8, 4) is 5.75 Å². The Kier molecular flexibility index (Phi) is 5.12. The molecule has 3 aromatic rings. The molecule has 1 aromatic heterocycles. The molecule has 1 aliphatic rings. The minimum absolute atomic E-state index is 0.0412. The lowest BCUT2D eigenvalue weighted by Crippen LogP contribution is -2.44. The molecule has 2 aromatic carbocycles. The number of likely N-dealkylation sites (tertiary alicyclic amines) is 1. The smallest absolute Gasteiger partial charge is 0.263 e. The average molecular weight is 381 g/mol. The highest BCUT2D eigenvalue weighted by Gasteiger charge is 2.33. The molecule has 27 heavy (non-hydrogen) atoms. The van der Waals surface area contributed by atoms with Gasteiger partial charge in [0.05, 0.1) is 16.3 Å². The van der Waals surface area contributed by atoms with Crippen molar-refractivity contribution < 1.29 is 9.53 Å². The fraction of sp³-hybridized carbons (Fsp3) is 0.364. The summed E-state index contributed by atoms with van der Waals surface area (Å²) < 4.78 is 7.09. The maximum atomic E-state index is 13.1. The number of para-hydroxylation sites is 1. The summed E-state index contributed by atoms with van der Waals surface area (Å²) in [6.07, 6.45) is 2.60. The highest BCUT2D eigenvalue weighted by molar-refractivity contribution is 7.18. The molecule has 2 atom stereocenters. The van der Waals surface area contributed by atoms with E-state index in [4.69, 9.17) is 9.72 Å². The van der Waals surface area contributed by atoms with Crippen LogP contribution in [0.3, 0.4) is 0 Å². The second-order valence-corrected chi connectivity index (χ2v) is 8.20. The lowest BCUT2D eigenvalue weighted by Gasteiger charge is -2.36. The number of amides is 1. The van der Waals surface area contributed by atoms with Crippen molar-refractivity contribution in [1.82, 2.24) is 9.88 Å². The van der Waals surface area contributed by atoms with Crippen LogP contribution >= 0.6 is 11.3 Å². The minimum Gasteiger partial charge on any atom is -0.481 e. The number of rotatable bonds is 4. The van der Waals surface area contributed by atoms with Crippen molar-refractivity contribution in [2.75, 3.05) is 6.54 Å². The number of hydrogen-bond acceptors (Lipinski definition) is 4. The molecule has 0 spiro atoms. The number of aryl methyl sites for hydroxylation is 1. The van der Waals surface area contributed by atoms with Crippen LogP contribution in [0.25, 0.3) is 10.2 Å². The lowest BCUT2D eigenvalue weighted by atomic mass is 10.0. The first-order valence-corrected chi connectivity index (χ1v) is 10.3. The Balaban J connectivity index is 1.54. The predicted molar refractivity (Wildman–Crippen MR) is 109 cm³/mol. The first-order chi connectivity index (χ1) is 13.1. The Hall–Kier alpha value is -2.40. The van der Waals surface area contributed by atoms with Gasteiger partial charge in [-0.3, -0.25) is 4.79 Å². The number of carbonyl (C=O) groups excluding carboxylic acids is 1. The van der Waals surface area contributed by atoms with E-state index in [-0.39, 0.29) is 11.9 Å². The molecule has 1 aliphatic heterocycles. The van der Waals surface area contributed by atoms with Gasteiger partial charge in [0, 0.05) is 6.54 Å². The molecule has 0 bridgehead atoms. The van der Waals surface area contributed by atoms with Crippen molar-refractivity contribution in [3.05, 3.63) is 59.1 Å². The third-order valence-corrected chi connectivity index (χ3v) is 6.20. The highest BCUT2D eigenvalue weighted by atomic mass is 32.1. The monoisotopic (exact) mass is 380 g/mol. The maximum Gasteiger partial charge on any atom is 0.263 e. The van der Waals surface area contributed by atoms with Crippen LogP contribution in [-0.4, -0.2) is 28.4 Å². The van der Waals surface area contributed by atoms with Crippen LogP contribution in [0.1, 0.15) is 42.8 Å². The number of carbonyl (C=O) groups is 1. The largest absolute Gasteiger partial charge is 0.481 e. The van der Waals surface area contributed by atoms with Gasteiger partial charge >= 0.3 is 0 Å². The SMILES string of the molecule is Cc1ccc(O[C@@H](C)C(=O)N2CCCC[C@@H]2c2nc3ccccc3s2)cc1. The summed E-state index contributed by atoms with van der Waals surface area (Å²) in [5.74, 6) is 0.773. The molecule has 4 nitrogen and oxygen atoms in total. The van der Waals surface area contributed by atoms with Gasteiger partial charge in [-0.2, -0.15) is 0 Å². The molecule has 1 amide bonds. The Morgan fingerprint density at radius 3 is 2.74 bits per heavy atom. The number of thiazole rings is 1. The molecular weight excluding hydrogens is 356 g/mol. The van der Waals surface area contributed by atoms with E-state index in [9.17, 15) is 4.79 Å². The minimum atomic E-state index is -0.511. The summed E-state index contributed by atoms with van der Waals surface area (Å²) in [6.45, 7) is 4.64. The van der Waals surface area contributed by atoms with Crippen molar-refractivity contribution in [3.63, 3.8) is 0 Å². The van der Waals surface area contributed by atoms with Gasteiger partial charge in [0.25, 0.3) is 5.91 Å². The molecule has 0 unspecified atom stereocenters. The summed E-state index contributed by atoms with van der Waals surface area (Å²) in [4.78, 5) is 19.9. The molecule has 2 heterocycles. The van der Waals surface area contributed by atoms with E-state index in [0.29, 0.717) is 0 Å². The molecule has 0 radical (unpaired) electrons. The number of hydrogen-bond donors (Lipinski definition) is 0. The molecule has 140 valence electrons. The molecule has 0 saturated carbocycles. The third-order valence-electron chi connectivity index (χ3n) is 5.06. The van der Waals surface area contributed by atoms with E-state index >= 15 is 0 Å². The fourth-order valence-electron chi connectivity index (χ4n) is 3.59. The average Bonchev–Trinajstić information content (AvgIpc) is 3.13. The van der Waals surface area contributed by atoms with Crippen LogP contribution in [-0.2, 0) is 4.79 Å². The maximum absolute atomic E-state index is 13.1. The number of fused-ring (bicyclic) bond motifs is 1. The van der Waals surface area contributed by atoms with E-state index in [2.05, 4.69) is 6.07 Å². The summed E-state index contributed by atoms with van der Waals surface area (Å²) >= 11 is 1.70. The van der Waals surface area contributed by atoms with E-state index < -0.39 is 6.10 Å². The van der Waals surface area contributed by atoms with Gasteiger partial charge in [-0.1, -0.05) is 29.8 Å². The van der Waals surface area contributed by atoms with E-state index in [1.807, 2.05) is 61.2 Å². The molecule has 0 aliphatic carbocycles. The van der Waals surface area contributed by atoms with Gasteiger partial charge in [-0.25, -0.2) is 4.98 Å². The van der Waals surface area contributed by atoms with Crippen LogP contribution in [0.2, 0.25) is 0 Å². The van der Waals surface area contributed by atoms with Gasteiger partial charge in [0.15, 0.2) is 6.10 Å². The second-order valence-electron chi connectivity index (χ2n) is 7.14. The predicted octanol–water partition coefficient (Wildman–Crippen LogP) is 5.13. The first-order valence-electron chi connectivity index (χ1n) is 9.51. The number of benzene rings is 2. The van der Waals surface area contributed by atoms with Crippen LogP contribution in [0.4, 0.5) is 0 Å². The Morgan fingerprint density at radius 2 is 1.96 bits per heavy atom. The number of aromatic nitrogens is 1. The Bertz CT molecular complexity index is 902. The zero-order chi connectivity index (χ0) is 18.8. The summed E-state index contributed by atoms with van der Waals surface area (Å²) in [5.41, 5.74) is 2.19. The second kappa shape index (κ2) is 7.69. The Morgan fingerprint density at radius 1 is 1.19 bits per heavy atom. The van der Waals surface area contributed by atoms with Gasteiger partial charge in [-0.05, 0) is 57.4 Å². The summed E-state index contributed by atoms with van der Waals surface area (Å²) in [7, 11) is 0. The normalized spacial score (nSPS) is 18.4. The molecule has 4 rings (SSSR count). The van der Waals surface area contributed by atoms with Crippen molar-refractivity contribution in [2.45, 2.75) is 45.3 Å². The zero-order valence-corrected chi connectivity index (χ0v) is 16.5. The quantitative estimate of drug-likeness (QED) is 0.630. The molecule has 1 saturated heterocycles. The van der Waals surface area contributed by atoms with E-state index in [1.165, 1.54) is 10.3 Å². The van der Waals surface area contributed by atoms with Crippen LogP contribution in [0, 0.1) is 6.92 Å². The van der Waals surface area contributed by atoms with Crippen LogP contribution in [0.15, 0.2) is 48.5 Å². The Labute approximate surface area is 163 Å². The summed E-state index contributed by atoms with van der Waals surface area (Å²) in [6, 6.07) is 16.0. The number of ether oxygens (including phenoxy) is 1. The van der Waals surface area contributed by atoms with Gasteiger partial charge in [0.2, 0.25) is 0 Å². The third kappa shape index (κ3) is 3.83. The van der Waals surface area contributed by atoms with Crippen LogP contribution in [0.5, 0.6) is 5.75 Å². The van der Waals surface area contributed by atoms with E-state index in [0.717, 1.165) is 42.1 Å².